The lowest BCUT2D eigenvalue weighted by atomic mass is 10.0. The van der Waals surface area contributed by atoms with Gasteiger partial charge >= 0.3 is 0 Å². The number of benzene rings is 1. The minimum Gasteiger partial charge on any atom is -0.388 e. The summed E-state index contributed by atoms with van der Waals surface area (Å²) in [4.78, 5) is 6.57. The Balaban J connectivity index is 3.13. The van der Waals surface area contributed by atoms with Gasteiger partial charge in [0, 0.05) is 43.3 Å². The molecule has 0 unspecified atom stereocenters. The van der Waals surface area contributed by atoms with E-state index in [1.54, 1.807) is 12.3 Å². The maximum atomic E-state index is 13.6. The van der Waals surface area contributed by atoms with Crippen LogP contribution in [0.1, 0.15) is 31.9 Å². The van der Waals surface area contributed by atoms with Crippen molar-refractivity contribution in [2.45, 2.75) is 27.7 Å². The molecule has 1 aromatic carbocycles. The van der Waals surface area contributed by atoms with Gasteiger partial charge in [0.05, 0.1) is 0 Å². The van der Waals surface area contributed by atoms with Crippen LogP contribution in [0, 0.1) is 18.7 Å². The van der Waals surface area contributed by atoms with Crippen LogP contribution in [0.25, 0.3) is 5.57 Å². The van der Waals surface area contributed by atoms with E-state index in [1.807, 2.05) is 32.0 Å². The fourth-order valence-electron chi connectivity index (χ4n) is 2.54. The number of halogens is 1. The average molecular weight is 370 g/mol. The zero-order valence-electron chi connectivity index (χ0n) is 17.3. The molecule has 4 heteroatoms. The van der Waals surface area contributed by atoms with E-state index < -0.39 is 0 Å². The third-order valence-corrected chi connectivity index (χ3v) is 4.19. The molecule has 0 aliphatic carbocycles. The molecule has 0 bridgehead atoms. The molecule has 0 amide bonds. The lowest BCUT2D eigenvalue weighted by molar-refractivity contribution is 0.572. The Hall–Kier alpha value is -2.62. The third kappa shape index (κ3) is 6.89. The van der Waals surface area contributed by atoms with Crippen LogP contribution in [0.15, 0.2) is 66.6 Å². The number of hydrogen-bond donors (Lipinski definition) is 1. The lowest BCUT2D eigenvalue weighted by Gasteiger charge is -2.21. The number of aliphatic imine (C=N–C) groups is 1. The molecule has 3 nitrogen and oxygen atoms in total. The minimum atomic E-state index is -0.265. The molecule has 0 heterocycles. The molecular formula is C23H32FN3. The summed E-state index contributed by atoms with van der Waals surface area (Å²) in [6, 6.07) is 4.74. The van der Waals surface area contributed by atoms with Crippen molar-refractivity contribution in [3.05, 3.63) is 78.6 Å². The zero-order valence-corrected chi connectivity index (χ0v) is 17.3. The molecule has 0 radical (unpaired) electrons. The number of allylic oxidation sites excluding steroid dienone is 1. The Labute approximate surface area is 163 Å². The van der Waals surface area contributed by atoms with Crippen molar-refractivity contribution in [3.8, 4) is 0 Å². The second-order valence-electron chi connectivity index (χ2n) is 7.01. The molecule has 0 fully saturated rings. The number of rotatable bonds is 10. The Morgan fingerprint density at radius 1 is 1.33 bits per heavy atom. The fraction of sp³-hybridized carbons (Fsp3) is 0.348. The predicted molar refractivity (Wildman–Crippen MR) is 116 cm³/mol. The van der Waals surface area contributed by atoms with Crippen molar-refractivity contribution >= 4 is 11.3 Å². The minimum absolute atomic E-state index is 0.265. The second kappa shape index (κ2) is 10.5. The zero-order chi connectivity index (χ0) is 20.6. The Bertz CT molecular complexity index is 757. The van der Waals surface area contributed by atoms with Gasteiger partial charge in [-0.05, 0) is 54.8 Å². The van der Waals surface area contributed by atoms with Gasteiger partial charge in [0.15, 0.2) is 0 Å². The van der Waals surface area contributed by atoms with Crippen LogP contribution in [-0.4, -0.2) is 30.7 Å². The molecule has 1 aromatic rings. The van der Waals surface area contributed by atoms with Crippen LogP contribution >= 0.6 is 0 Å². The van der Waals surface area contributed by atoms with Crippen LogP contribution < -0.4 is 5.32 Å². The van der Waals surface area contributed by atoms with Crippen LogP contribution in [0.4, 0.5) is 4.39 Å². The van der Waals surface area contributed by atoms with Gasteiger partial charge < -0.3 is 10.2 Å². The Morgan fingerprint density at radius 3 is 2.56 bits per heavy atom. The first-order chi connectivity index (χ1) is 12.7. The number of aryl methyl sites for hydroxylation is 1. The summed E-state index contributed by atoms with van der Waals surface area (Å²) in [6.07, 6.45) is 3.67. The Kier molecular flexibility index (Phi) is 8.73. The lowest BCUT2D eigenvalue weighted by Crippen LogP contribution is -2.19. The highest BCUT2D eigenvalue weighted by Crippen LogP contribution is 2.21. The second-order valence-corrected chi connectivity index (χ2v) is 7.01. The standard InChI is InChI=1S/C23H32FN3/c1-9-27(14-18(5)22-12-21(24)11-10-17(22)4)15-23(19(6)25-8)20(7)26-13-16(2)3/h9-12,15-16,25H,1,5-6,13-14H2,2-4,7-8H3/b23-15+,26-20+. The van der Waals surface area contributed by atoms with Crippen molar-refractivity contribution in [3.63, 3.8) is 0 Å². The van der Waals surface area contributed by atoms with E-state index in [9.17, 15) is 4.39 Å². The molecule has 27 heavy (non-hydrogen) atoms. The largest absolute Gasteiger partial charge is 0.388 e. The van der Waals surface area contributed by atoms with Crippen LogP contribution in [0.2, 0.25) is 0 Å². The van der Waals surface area contributed by atoms with Crippen molar-refractivity contribution in [1.29, 1.82) is 0 Å². The van der Waals surface area contributed by atoms with Gasteiger partial charge in [-0.1, -0.05) is 39.7 Å². The summed E-state index contributed by atoms with van der Waals surface area (Å²) in [7, 11) is 1.83. The normalized spacial score (nSPS) is 12.1. The highest BCUT2D eigenvalue weighted by molar-refractivity contribution is 6.01. The molecule has 0 atom stereocenters. The van der Waals surface area contributed by atoms with E-state index in [-0.39, 0.29) is 5.82 Å². The van der Waals surface area contributed by atoms with Crippen molar-refractivity contribution in [1.82, 2.24) is 10.2 Å². The predicted octanol–water partition coefficient (Wildman–Crippen LogP) is 5.33. The van der Waals surface area contributed by atoms with E-state index in [1.165, 1.54) is 12.1 Å². The van der Waals surface area contributed by atoms with E-state index in [0.717, 1.165) is 40.2 Å². The molecule has 0 aliphatic rings. The summed E-state index contributed by atoms with van der Waals surface area (Å²) < 4.78 is 13.6. The molecule has 0 saturated heterocycles. The maximum absolute atomic E-state index is 13.6. The van der Waals surface area contributed by atoms with Crippen molar-refractivity contribution in [2.75, 3.05) is 20.1 Å². The van der Waals surface area contributed by atoms with Crippen LogP contribution in [-0.2, 0) is 0 Å². The maximum Gasteiger partial charge on any atom is 0.123 e. The molecule has 1 N–H and O–H groups in total. The van der Waals surface area contributed by atoms with E-state index in [0.29, 0.717) is 12.5 Å². The van der Waals surface area contributed by atoms with Gasteiger partial charge in [-0.15, -0.1) is 0 Å². The average Bonchev–Trinajstić information content (AvgIpc) is 2.64. The first kappa shape index (κ1) is 22.4. The molecule has 0 aromatic heterocycles. The van der Waals surface area contributed by atoms with Gasteiger partial charge in [-0.25, -0.2) is 4.39 Å². The molecular weight excluding hydrogens is 337 g/mol. The van der Waals surface area contributed by atoms with E-state index >= 15 is 0 Å². The van der Waals surface area contributed by atoms with Gasteiger partial charge in [0.2, 0.25) is 0 Å². The summed E-state index contributed by atoms with van der Waals surface area (Å²) in [5.41, 5.74) is 5.20. The summed E-state index contributed by atoms with van der Waals surface area (Å²) in [5, 5.41) is 3.09. The molecule has 1 rings (SSSR count). The van der Waals surface area contributed by atoms with Gasteiger partial charge in [0.1, 0.15) is 5.82 Å². The fourth-order valence-corrected chi connectivity index (χ4v) is 2.54. The molecule has 146 valence electrons. The topological polar surface area (TPSA) is 27.6 Å². The molecule has 0 aliphatic heterocycles. The highest BCUT2D eigenvalue weighted by Gasteiger charge is 2.11. The van der Waals surface area contributed by atoms with Gasteiger partial charge in [-0.2, -0.15) is 0 Å². The molecule has 0 spiro atoms. The SMILES string of the molecule is C=CN(/C=C(C(=C)NC)/C(C)=N/CC(C)C)CC(=C)c1cc(F)ccc1C. The van der Waals surface area contributed by atoms with Gasteiger partial charge in [-0.3, -0.25) is 4.99 Å². The first-order valence-electron chi connectivity index (χ1n) is 9.12. The van der Waals surface area contributed by atoms with Crippen molar-refractivity contribution in [2.24, 2.45) is 10.9 Å². The van der Waals surface area contributed by atoms with Crippen molar-refractivity contribution < 1.29 is 4.39 Å². The first-order valence-corrected chi connectivity index (χ1v) is 9.12. The third-order valence-electron chi connectivity index (χ3n) is 4.19. The smallest absolute Gasteiger partial charge is 0.123 e. The molecule has 0 saturated carbocycles. The summed E-state index contributed by atoms with van der Waals surface area (Å²) in [6.45, 7) is 21.5. The number of likely N-dealkylation sites (N-methyl/N-ethyl adjacent to an activating group) is 1. The van der Waals surface area contributed by atoms with Gasteiger partial charge in [0.25, 0.3) is 0 Å². The highest BCUT2D eigenvalue weighted by atomic mass is 19.1. The number of nitrogens with one attached hydrogen (secondary N) is 1. The number of hydrogen-bond acceptors (Lipinski definition) is 3. The van der Waals surface area contributed by atoms with Crippen LogP contribution in [0.5, 0.6) is 0 Å². The van der Waals surface area contributed by atoms with Crippen LogP contribution in [0.3, 0.4) is 0 Å². The number of nitrogens with zero attached hydrogens (tertiary/aromatic N) is 2. The summed E-state index contributed by atoms with van der Waals surface area (Å²) in [5.74, 6) is 0.216. The summed E-state index contributed by atoms with van der Waals surface area (Å²) >= 11 is 0. The quantitative estimate of drug-likeness (QED) is 0.446. The monoisotopic (exact) mass is 369 g/mol. The van der Waals surface area contributed by atoms with E-state index in [2.05, 4.69) is 43.9 Å². The van der Waals surface area contributed by atoms with E-state index in [4.69, 9.17) is 0 Å². The Morgan fingerprint density at radius 2 is 2.00 bits per heavy atom.